The van der Waals surface area contributed by atoms with E-state index in [1.807, 2.05) is 6.92 Å². The molecular weight excluding hydrogens is 207 g/mol. The summed E-state index contributed by atoms with van der Waals surface area (Å²) in [5.74, 6) is -0.490. The van der Waals surface area contributed by atoms with Crippen LogP contribution in [0.2, 0.25) is 5.02 Å². The van der Waals surface area contributed by atoms with Crippen molar-refractivity contribution in [3.63, 3.8) is 0 Å². The first kappa shape index (κ1) is 9.74. The third-order valence-electron chi connectivity index (χ3n) is 2.42. The Morgan fingerprint density at radius 1 is 1.57 bits per heavy atom. The smallest absolute Gasteiger partial charge is 0.184 e. The zero-order chi connectivity index (χ0) is 10.3. The van der Waals surface area contributed by atoms with Crippen LogP contribution in [-0.4, -0.2) is 11.2 Å². The van der Waals surface area contributed by atoms with Gasteiger partial charge in [-0.25, -0.2) is 4.39 Å². The first-order chi connectivity index (χ1) is 6.65. The zero-order valence-electron chi connectivity index (χ0n) is 7.63. The fraction of sp³-hybridized carbons (Fsp3) is 0.400. The molecule has 1 aliphatic heterocycles. The molecule has 1 N–H and O–H groups in total. The van der Waals surface area contributed by atoms with E-state index < -0.39 is 11.9 Å². The van der Waals surface area contributed by atoms with Crippen LogP contribution >= 0.6 is 11.6 Å². The van der Waals surface area contributed by atoms with Crippen LogP contribution in [0.25, 0.3) is 0 Å². The average Bonchev–Trinajstić information content (AvgIpc) is 2.50. The Morgan fingerprint density at radius 2 is 2.29 bits per heavy atom. The molecule has 0 radical (unpaired) electrons. The van der Waals surface area contributed by atoms with Crippen molar-refractivity contribution >= 4 is 11.6 Å². The van der Waals surface area contributed by atoms with Gasteiger partial charge in [-0.15, -0.1) is 0 Å². The maximum atomic E-state index is 13.4. The van der Waals surface area contributed by atoms with Crippen molar-refractivity contribution in [2.24, 2.45) is 0 Å². The Morgan fingerprint density at radius 3 is 2.93 bits per heavy atom. The molecule has 0 saturated heterocycles. The van der Waals surface area contributed by atoms with Gasteiger partial charge in [-0.05, 0) is 12.5 Å². The minimum atomic E-state index is -0.748. The van der Waals surface area contributed by atoms with Gasteiger partial charge >= 0.3 is 0 Å². The summed E-state index contributed by atoms with van der Waals surface area (Å²) in [7, 11) is 0. The number of benzene rings is 1. The van der Waals surface area contributed by atoms with E-state index in [9.17, 15) is 9.50 Å². The van der Waals surface area contributed by atoms with Crippen molar-refractivity contribution in [2.75, 3.05) is 0 Å². The molecule has 0 spiro atoms. The van der Waals surface area contributed by atoms with Gasteiger partial charge in [0.25, 0.3) is 0 Å². The summed E-state index contributed by atoms with van der Waals surface area (Å²) in [6.07, 6.45) is -0.480. The van der Waals surface area contributed by atoms with Gasteiger partial charge in [0.15, 0.2) is 11.6 Å². The van der Waals surface area contributed by atoms with E-state index >= 15 is 0 Å². The van der Waals surface area contributed by atoms with Crippen LogP contribution in [0.5, 0.6) is 5.75 Å². The molecule has 4 heteroatoms. The van der Waals surface area contributed by atoms with Crippen LogP contribution in [-0.2, 0) is 0 Å². The molecule has 2 nitrogen and oxygen atoms in total. The van der Waals surface area contributed by atoms with E-state index in [0.717, 1.165) is 0 Å². The normalized spacial score (nSPS) is 24.6. The molecule has 2 atom stereocenters. The number of fused-ring (bicyclic) bond motifs is 1. The number of hydrogen-bond donors (Lipinski definition) is 1. The molecule has 0 amide bonds. The molecule has 1 aromatic carbocycles. The molecule has 1 heterocycles. The van der Waals surface area contributed by atoms with Crippen molar-refractivity contribution in [1.82, 2.24) is 0 Å². The van der Waals surface area contributed by atoms with Gasteiger partial charge in [0, 0.05) is 5.56 Å². The third kappa shape index (κ3) is 1.28. The summed E-state index contributed by atoms with van der Waals surface area (Å²) >= 11 is 5.59. The molecule has 1 aromatic rings. The second-order valence-corrected chi connectivity index (χ2v) is 3.70. The molecule has 76 valence electrons. The topological polar surface area (TPSA) is 29.5 Å². The molecule has 0 aliphatic carbocycles. The van der Waals surface area contributed by atoms with Crippen molar-refractivity contribution in [3.8, 4) is 5.75 Å². The monoisotopic (exact) mass is 216 g/mol. The fourth-order valence-electron chi connectivity index (χ4n) is 1.62. The van der Waals surface area contributed by atoms with Crippen molar-refractivity contribution in [1.29, 1.82) is 0 Å². The second kappa shape index (κ2) is 3.41. The van der Waals surface area contributed by atoms with Gasteiger partial charge in [0.05, 0.1) is 5.02 Å². The molecule has 14 heavy (non-hydrogen) atoms. The van der Waals surface area contributed by atoms with E-state index in [1.54, 1.807) is 6.07 Å². The van der Waals surface area contributed by atoms with Crippen molar-refractivity contribution < 1.29 is 14.2 Å². The third-order valence-corrected chi connectivity index (χ3v) is 2.71. The lowest BCUT2D eigenvalue weighted by molar-refractivity contribution is 0.0640. The number of aliphatic hydroxyl groups is 1. The van der Waals surface area contributed by atoms with Gasteiger partial charge < -0.3 is 9.84 Å². The van der Waals surface area contributed by atoms with E-state index in [2.05, 4.69) is 0 Å². The maximum Gasteiger partial charge on any atom is 0.184 e. The van der Waals surface area contributed by atoms with Gasteiger partial charge in [-0.3, -0.25) is 0 Å². The lowest BCUT2D eigenvalue weighted by Crippen LogP contribution is -2.16. The highest BCUT2D eigenvalue weighted by Crippen LogP contribution is 2.41. The SMILES string of the molecule is CCC1Oc2c(ccc(Cl)c2F)C1O. The summed E-state index contributed by atoms with van der Waals surface area (Å²) in [5, 5.41) is 9.74. The lowest BCUT2D eigenvalue weighted by Gasteiger charge is -2.10. The second-order valence-electron chi connectivity index (χ2n) is 3.29. The minimum Gasteiger partial charge on any atom is -0.484 e. The zero-order valence-corrected chi connectivity index (χ0v) is 8.38. The summed E-state index contributed by atoms with van der Waals surface area (Å²) in [6, 6.07) is 3.03. The quantitative estimate of drug-likeness (QED) is 0.782. The first-order valence-corrected chi connectivity index (χ1v) is 4.85. The Hall–Kier alpha value is -0.800. The van der Waals surface area contributed by atoms with Gasteiger partial charge in [-0.2, -0.15) is 0 Å². The predicted octanol–water partition coefficient (Wildman–Crippen LogP) is 2.68. The Bertz CT molecular complexity index is 367. The van der Waals surface area contributed by atoms with E-state index in [1.165, 1.54) is 6.07 Å². The Labute approximate surface area is 86.3 Å². The maximum absolute atomic E-state index is 13.4. The number of rotatable bonds is 1. The van der Waals surface area contributed by atoms with E-state index in [0.29, 0.717) is 12.0 Å². The molecule has 2 unspecified atom stereocenters. The molecular formula is C10H10ClFO2. The summed E-state index contributed by atoms with van der Waals surface area (Å²) in [4.78, 5) is 0. The van der Waals surface area contributed by atoms with Crippen LogP contribution in [0, 0.1) is 5.82 Å². The largest absolute Gasteiger partial charge is 0.484 e. The molecule has 0 aromatic heterocycles. The van der Waals surface area contributed by atoms with Gasteiger partial charge in [0.1, 0.15) is 12.2 Å². The van der Waals surface area contributed by atoms with Crippen molar-refractivity contribution in [2.45, 2.75) is 25.6 Å². The summed E-state index contributed by atoms with van der Waals surface area (Å²) < 4.78 is 18.7. The van der Waals surface area contributed by atoms with Crippen LogP contribution in [0.3, 0.4) is 0 Å². The number of ether oxygens (including phenoxy) is 1. The molecule has 0 bridgehead atoms. The number of hydrogen-bond acceptors (Lipinski definition) is 2. The van der Waals surface area contributed by atoms with E-state index in [-0.39, 0.29) is 16.9 Å². The highest BCUT2D eigenvalue weighted by Gasteiger charge is 2.34. The molecule has 0 fully saturated rings. The highest BCUT2D eigenvalue weighted by atomic mass is 35.5. The van der Waals surface area contributed by atoms with Gasteiger partial charge in [-0.1, -0.05) is 24.6 Å². The standard InChI is InChI=1S/C10H10ClFO2/c1-2-7-9(13)5-3-4-6(11)8(12)10(5)14-7/h3-4,7,9,13H,2H2,1H3. The highest BCUT2D eigenvalue weighted by molar-refractivity contribution is 6.30. The van der Waals surface area contributed by atoms with Crippen molar-refractivity contribution in [3.05, 3.63) is 28.5 Å². The number of aliphatic hydroxyl groups excluding tert-OH is 1. The Balaban J connectivity index is 2.48. The molecule has 0 saturated carbocycles. The van der Waals surface area contributed by atoms with E-state index in [4.69, 9.17) is 16.3 Å². The molecule has 1 aliphatic rings. The van der Waals surface area contributed by atoms with Crippen LogP contribution in [0.4, 0.5) is 4.39 Å². The predicted molar refractivity (Wildman–Crippen MR) is 51.1 cm³/mol. The van der Waals surface area contributed by atoms with Gasteiger partial charge in [0.2, 0.25) is 0 Å². The Kier molecular flexibility index (Phi) is 2.37. The molecule has 2 rings (SSSR count). The fourth-order valence-corrected chi connectivity index (χ4v) is 1.77. The average molecular weight is 217 g/mol. The first-order valence-electron chi connectivity index (χ1n) is 4.47. The van der Waals surface area contributed by atoms with Crippen LogP contribution in [0.15, 0.2) is 12.1 Å². The summed E-state index contributed by atoms with van der Waals surface area (Å²) in [6.45, 7) is 1.87. The summed E-state index contributed by atoms with van der Waals surface area (Å²) in [5.41, 5.74) is 0.485. The number of halogens is 2. The minimum absolute atomic E-state index is 0.0210. The lowest BCUT2D eigenvalue weighted by atomic mass is 10.1. The van der Waals surface area contributed by atoms with Crippen LogP contribution in [0.1, 0.15) is 25.0 Å². The van der Waals surface area contributed by atoms with Crippen LogP contribution < -0.4 is 4.74 Å².